The number of fused-ring (bicyclic) bond motifs is 1. The summed E-state index contributed by atoms with van der Waals surface area (Å²) in [6.07, 6.45) is 0.471. The first kappa shape index (κ1) is 7.50. The van der Waals surface area contributed by atoms with Gasteiger partial charge in [0.2, 0.25) is 0 Å². The van der Waals surface area contributed by atoms with E-state index in [9.17, 15) is 4.79 Å². The van der Waals surface area contributed by atoms with E-state index < -0.39 is 0 Å². The first-order chi connectivity index (χ1) is 5.68. The van der Waals surface area contributed by atoms with Gasteiger partial charge in [-0.2, -0.15) is 0 Å². The number of hydrogen-bond acceptors (Lipinski definition) is 2. The Morgan fingerprint density at radius 1 is 1.50 bits per heavy atom. The molecule has 1 atom stereocenters. The van der Waals surface area contributed by atoms with Crippen LogP contribution in [0.25, 0.3) is 0 Å². The number of carbonyl (C=O) groups is 1. The van der Waals surface area contributed by atoms with Crippen LogP contribution in [-0.2, 0) is 0 Å². The molecule has 2 heteroatoms. The fourth-order valence-corrected chi connectivity index (χ4v) is 1.65. The minimum atomic E-state index is -0.0758. The van der Waals surface area contributed by atoms with Gasteiger partial charge in [-0.25, -0.2) is 0 Å². The van der Waals surface area contributed by atoms with Crippen LogP contribution < -0.4 is 5.73 Å². The van der Waals surface area contributed by atoms with Crippen molar-refractivity contribution in [1.29, 1.82) is 0 Å². The molecule has 0 aliphatic heterocycles. The van der Waals surface area contributed by atoms with Gasteiger partial charge in [0.25, 0.3) is 0 Å². The van der Waals surface area contributed by atoms with Crippen molar-refractivity contribution in [3.63, 3.8) is 0 Å². The van der Waals surface area contributed by atoms with Gasteiger partial charge in [-0.3, -0.25) is 4.79 Å². The lowest BCUT2D eigenvalue weighted by Crippen LogP contribution is -2.05. The predicted molar refractivity (Wildman–Crippen MR) is 47.1 cm³/mol. The van der Waals surface area contributed by atoms with E-state index in [2.05, 4.69) is 0 Å². The van der Waals surface area contributed by atoms with Crippen molar-refractivity contribution in [2.75, 3.05) is 0 Å². The van der Waals surface area contributed by atoms with E-state index in [0.29, 0.717) is 6.42 Å². The van der Waals surface area contributed by atoms with Crippen LogP contribution in [0.4, 0.5) is 0 Å². The average Bonchev–Trinajstić information content (AvgIpc) is 2.28. The number of carbonyl (C=O) groups excluding carboxylic acids is 1. The van der Waals surface area contributed by atoms with Gasteiger partial charge in [-0.15, -0.1) is 0 Å². The second-order valence-electron chi connectivity index (χ2n) is 3.32. The number of aryl methyl sites for hydroxylation is 1. The van der Waals surface area contributed by atoms with Crippen LogP contribution in [0.3, 0.4) is 0 Å². The van der Waals surface area contributed by atoms with Gasteiger partial charge < -0.3 is 5.73 Å². The maximum Gasteiger partial charge on any atom is 0.165 e. The van der Waals surface area contributed by atoms with Gasteiger partial charge in [0.15, 0.2) is 5.78 Å². The summed E-state index contributed by atoms with van der Waals surface area (Å²) in [5, 5.41) is 0. The molecule has 1 aromatic rings. The Labute approximate surface area is 71.4 Å². The first-order valence-corrected chi connectivity index (χ1v) is 4.08. The molecule has 12 heavy (non-hydrogen) atoms. The normalized spacial score (nSPS) is 21.2. The van der Waals surface area contributed by atoms with Crippen molar-refractivity contribution in [3.05, 3.63) is 34.9 Å². The second kappa shape index (κ2) is 2.42. The molecule has 0 fully saturated rings. The molecule has 2 nitrogen and oxygen atoms in total. The van der Waals surface area contributed by atoms with E-state index in [4.69, 9.17) is 5.73 Å². The highest BCUT2D eigenvalue weighted by atomic mass is 16.1. The van der Waals surface area contributed by atoms with Crippen molar-refractivity contribution >= 4 is 5.78 Å². The summed E-state index contributed by atoms with van der Waals surface area (Å²) in [4.78, 5) is 11.3. The highest BCUT2D eigenvalue weighted by molar-refractivity contribution is 6.01. The third kappa shape index (κ3) is 0.959. The van der Waals surface area contributed by atoms with Crippen LogP contribution in [-0.4, -0.2) is 5.78 Å². The molecule has 0 spiro atoms. The standard InChI is InChI=1S/C10H11NO/c1-6-2-3-7-8(4-6)10(12)5-9(7)11/h2-4,9H,5,11H2,1H3. The third-order valence-corrected chi connectivity index (χ3v) is 2.31. The summed E-state index contributed by atoms with van der Waals surface area (Å²) in [6, 6.07) is 5.80. The summed E-state index contributed by atoms with van der Waals surface area (Å²) in [6.45, 7) is 1.98. The molecule has 0 saturated carbocycles. The molecule has 0 bridgehead atoms. The van der Waals surface area contributed by atoms with Crippen LogP contribution in [0.2, 0.25) is 0 Å². The summed E-state index contributed by atoms with van der Waals surface area (Å²) < 4.78 is 0. The third-order valence-electron chi connectivity index (χ3n) is 2.31. The van der Waals surface area contributed by atoms with Crippen molar-refractivity contribution in [3.8, 4) is 0 Å². The number of Topliss-reactive ketones (excluding diaryl/α,β-unsaturated/α-hetero) is 1. The number of ketones is 1. The smallest absolute Gasteiger partial charge is 0.165 e. The Morgan fingerprint density at radius 2 is 2.25 bits per heavy atom. The highest BCUT2D eigenvalue weighted by Crippen LogP contribution is 2.29. The molecule has 2 N–H and O–H groups in total. The number of rotatable bonds is 0. The van der Waals surface area contributed by atoms with Crippen molar-refractivity contribution in [2.24, 2.45) is 5.73 Å². The van der Waals surface area contributed by atoms with Gasteiger partial charge in [0.05, 0.1) is 0 Å². The molecule has 2 rings (SSSR count). The maximum atomic E-state index is 11.3. The average molecular weight is 161 g/mol. The van der Waals surface area contributed by atoms with E-state index in [1.54, 1.807) is 0 Å². The van der Waals surface area contributed by atoms with Crippen LogP contribution in [0.5, 0.6) is 0 Å². The number of benzene rings is 1. The van der Waals surface area contributed by atoms with Crippen LogP contribution in [0.1, 0.15) is 33.9 Å². The molecule has 0 heterocycles. The number of hydrogen-bond donors (Lipinski definition) is 1. The Balaban J connectivity index is 2.60. The van der Waals surface area contributed by atoms with Crippen LogP contribution >= 0.6 is 0 Å². The van der Waals surface area contributed by atoms with Gasteiger partial charge >= 0.3 is 0 Å². The van der Waals surface area contributed by atoms with Crippen molar-refractivity contribution < 1.29 is 4.79 Å². The number of nitrogens with two attached hydrogens (primary N) is 1. The fraction of sp³-hybridized carbons (Fsp3) is 0.300. The largest absolute Gasteiger partial charge is 0.324 e. The highest BCUT2D eigenvalue weighted by Gasteiger charge is 2.25. The Bertz CT molecular complexity index is 344. The molecule has 1 aliphatic carbocycles. The molecule has 1 aliphatic rings. The van der Waals surface area contributed by atoms with Gasteiger partial charge in [0, 0.05) is 18.0 Å². The lowest BCUT2D eigenvalue weighted by Gasteiger charge is -2.02. The Kier molecular flexibility index (Phi) is 1.51. The zero-order valence-electron chi connectivity index (χ0n) is 7.00. The summed E-state index contributed by atoms with van der Waals surface area (Å²) in [7, 11) is 0. The molecule has 0 radical (unpaired) electrons. The molecule has 0 saturated heterocycles. The monoisotopic (exact) mass is 161 g/mol. The molecule has 0 aromatic heterocycles. The minimum absolute atomic E-state index is 0.0758. The summed E-state index contributed by atoms with van der Waals surface area (Å²) in [5.74, 6) is 0.182. The van der Waals surface area contributed by atoms with E-state index in [1.165, 1.54) is 0 Å². The molecular formula is C10H11NO. The molecule has 1 aromatic carbocycles. The fourth-order valence-electron chi connectivity index (χ4n) is 1.65. The molecule has 1 unspecified atom stereocenters. The van der Waals surface area contributed by atoms with E-state index in [-0.39, 0.29) is 11.8 Å². The lowest BCUT2D eigenvalue weighted by atomic mass is 10.1. The van der Waals surface area contributed by atoms with Crippen molar-refractivity contribution in [1.82, 2.24) is 0 Å². The second-order valence-corrected chi connectivity index (χ2v) is 3.32. The predicted octanol–water partition coefficient (Wildman–Crippen LogP) is 1.58. The van der Waals surface area contributed by atoms with E-state index in [1.807, 2.05) is 25.1 Å². The zero-order chi connectivity index (χ0) is 8.72. The lowest BCUT2D eigenvalue weighted by molar-refractivity contribution is 0.0989. The summed E-state index contributed by atoms with van der Waals surface area (Å²) in [5.41, 5.74) is 8.71. The summed E-state index contributed by atoms with van der Waals surface area (Å²) >= 11 is 0. The van der Waals surface area contributed by atoms with Gasteiger partial charge in [0.1, 0.15) is 0 Å². The van der Waals surface area contributed by atoms with Crippen molar-refractivity contribution in [2.45, 2.75) is 19.4 Å². The van der Waals surface area contributed by atoms with Gasteiger partial charge in [-0.05, 0) is 18.6 Å². The SMILES string of the molecule is Cc1ccc2c(c1)C(=O)CC2N. The first-order valence-electron chi connectivity index (χ1n) is 4.08. The molecule has 0 amide bonds. The minimum Gasteiger partial charge on any atom is -0.324 e. The Hall–Kier alpha value is -1.15. The van der Waals surface area contributed by atoms with E-state index in [0.717, 1.165) is 16.7 Å². The van der Waals surface area contributed by atoms with Crippen LogP contribution in [0, 0.1) is 6.92 Å². The maximum absolute atomic E-state index is 11.3. The van der Waals surface area contributed by atoms with E-state index >= 15 is 0 Å². The topological polar surface area (TPSA) is 43.1 Å². The zero-order valence-corrected chi connectivity index (χ0v) is 7.00. The van der Waals surface area contributed by atoms with Gasteiger partial charge in [-0.1, -0.05) is 17.7 Å². The van der Waals surface area contributed by atoms with Crippen LogP contribution in [0.15, 0.2) is 18.2 Å². The quantitative estimate of drug-likeness (QED) is 0.627. The Morgan fingerprint density at radius 3 is 3.00 bits per heavy atom. The molecular weight excluding hydrogens is 150 g/mol. The molecule has 62 valence electrons.